The Morgan fingerprint density at radius 3 is 2.55 bits per heavy atom. The van der Waals surface area contributed by atoms with E-state index in [0.717, 1.165) is 0 Å². The van der Waals surface area contributed by atoms with E-state index in [1.807, 2.05) is 0 Å². The number of rotatable bonds is 9. The maximum atomic E-state index is 12.3. The third-order valence-corrected chi connectivity index (χ3v) is 4.62. The monoisotopic (exact) mass is 443 g/mol. The minimum absolute atomic E-state index is 0.0509. The molecule has 9 nitrogen and oxygen atoms in total. The Balaban J connectivity index is 2.29. The van der Waals surface area contributed by atoms with Gasteiger partial charge in [0.15, 0.2) is 18.1 Å². The Morgan fingerprint density at radius 2 is 1.93 bits per heavy atom. The summed E-state index contributed by atoms with van der Waals surface area (Å²) in [6, 6.07) is 3.00. The molecular formula is C18H18ClNO8S. The van der Waals surface area contributed by atoms with Crippen LogP contribution in [0.4, 0.5) is 4.79 Å². The molecule has 1 fully saturated rings. The van der Waals surface area contributed by atoms with Gasteiger partial charge in [-0.3, -0.25) is 19.3 Å². The number of aliphatic carboxylic acids is 1. The quantitative estimate of drug-likeness (QED) is 0.453. The van der Waals surface area contributed by atoms with E-state index in [1.54, 1.807) is 13.8 Å². The number of benzene rings is 1. The van der Waals surface area contributed by atoms with E-state index < -0.39 is 29.6 Å². The highest BCUT2D eigenvalue weighted by Gasteiger charge is 2.36. The zero-order chi connectivity index (χ0) is 21.6. The molecule has 11 heteroatoms. The minimum atomic E-state index is -1.29. The van der Waals surface area contributed by atoms with Crippen LogP contribution in [-0.2, 0) is 19.1 Å². The zero-order valence-corrected chi connectivity index (χ0v) is 17.2. The molecule has 1 aliphatic rings. The van der Waals surface area contributed by atoms with E-state index in [4.69, 9.17) is 30.9 Å². The Labute approximate surface area is 175 Å². The first-order valence-electron chi connectivity index (χ1n) is 8.48. The van der Waals surface area contributed by atoms with Crippen LogP contribution in [-0.4, -0.2) is 59.5 Å². The molecule has 1 aliphatic heterocycles. The SMILES string of the molecule is CCOC(=O)COc1c(Cl)cc(/C=C2/SC(=O)N(CC(=O)O)C2=O)cc1OCC. The van der Waals surface area contributed by atoms with E-state index in [-0.39, 0.29) is 41.2 Å². The van der Waals surface area contributed by atoms with Crippen LogP contribution in [0.1, 0.15) is 19.4 Å². The Kier molecular flexibility index (Phi) is 7.91. The van der Waals surface area contributed by atoms with Crippen LogP contribution in [0.15, 0.2) is 17.0 Å². The summed E-state index contributed by atoms with van der Waals surface area (Å²) in [6.07, 6.45) is 1.40. The maximum Gasteiger partial charge on any atom is 0.344 e. The molecule has 0 atom stereocenters. The maximum absolute atomic E-state index is 12.3. The normalized spacial score (nSPS) is 15.0. The number of hydrogen-bond donors (Lipinski definition) is 1. The average molecular weight is 444 g/mol. The number of imide groups is 1. The van der Waals surface area contributed by atoms with E-state index in [1.165, 1.54) is 18.2 Å². The minimum Gasteiger partial charge on any atom is -0.490 e. The van der Waals surface area contributed by atoms with Crippen molar-refractivity contribution in [3.63, 3.8) is 0 Å². The van der Waals surface area contributed by atoms with Crippen molar-refractivity contribution in [2.75, 3.05) is 26.4 Å². The van der Waals surface area contributed by atoms with Gasteiger partial charge >= 0.3 is 11.9 Å². The summed E-state index contributed by atoms with van der Waals surface area (Å²) >= 11 is 6.87. The number of thioether (sulfide) groups is 1. The van der Waals surface area contributed by atoms with Crippen molar-refractivity contribution in [3.05, 3.63) is 27.6 Å². The van der Waals surface area contributed by atoms with Crippen LogP contribution in [0.25, 0.3) is 6.08 Å². The predicted octanol–water partition coefficient (Wildman–Crippen LogP) is 2.80. The van der Waals surface area contributed by atoms with E-state index >= 15 is 0 Å². The molecule has 0 aliphatic carbocycles. The smallest absolute Gasteiger partial charge is 0.344 e. The van der Waals surface area contributed by atoms with Gasteiger partial charge in [-0.15, -0.1) is 0 Å². The molecule has 0 unspecified atom stereocenters. The molecular weight excluding hydrogens is 426 g/mol. The van der Waals surface area contributed by atoms with Gasteiger partial charge in [0.2, 0.25) is 0 Å². The second kappa shape index (κ2) is 10.2. The van der Waals surface area contributed by atoms with Crippen LogP contribution in [0.5, 0.6) is 11.5 Å². The number of carbonyl (C=O) groups excluding carboxylic acids is 3. The molecule has 2 amide bonds. The van der Waals surface area contributed by atoms with Gasteiger partial charge in [0.05, 0.1) is 23.1 Å². The summed E-state index contributed by atoms with van der Waals surface area (Å²) in [5.41, 5.74) is 0.433. The number of esters is 1. The van der Waals surface area contributed by atoms with Gasteiger partial charge in [-0.2, -0.15) is 0 Å². The fourth-order valence-corrected chi connectivity index (χ4v) is 3.44. The van der Waals surface area contributed by atoms with Crippen LogP contribution >= 0.6 is 23.4 Å². The average Bonchev–Trinajstić information content (AvgIpc) is 2.88. The summed E-state index contributed by atoms with van der Waals surface area (Å²) in [4.78, 5) is 47.1. The largest absolute Gasteiger partial charge is 0.490 e. The number of carbonyl (C=O) groups is 4. The van der Waals surface area contributed by atoms with Crippen molar-refractivity contribution in [1.29, 1.82) is 0 Å². The molecule has 1 heterocycles. The van der Waals surface area contributed by atoms with Gasteiger partial charge < -0.3 is 19.3 Å². The number of hydrogen-bond acceptors (Lipinski definition) is 8. The van der Waals surface area contributed by atoms with Gasteiger partial charge in [0, 0.05) is 0 Å². The highest BCUT2D eigenvalue weighted by molar-refractivity contribution is 8.18. The molecule has 2 rings (SSSR count). The number of carboxylic acid groups (broad SMARTS) is 1. The molecule has 0 aromatic heterocycles. The molecule has 1 aromatic carbocycles. The first-order valence-corrected chi connectivity index (χ1v) is 9.68. The number of carboxylic acids is 1. The van der Waals surface area contributed by atoms with Gasteiger partial charge in [-0.1, -0.05) is 11.6 Å². The lowest BCUT2D eigenvalue weighted by molar-refractivity contribution is -0.145. The highest BCUT2D eigenvalue weighted by Crippen LogP contribution is 2.39. The van der Waals surface area contributed by atoms with Crippen LogP contribution < -0.4 is 9.47 Å². The Bertz CT molecular complexity index is 870. The summed E-state index contributed by atoms with van der Waals surface area (Å²) in [6.45, 7) is 2.83. The summed E-state index contributed by atoms with van der Waals surface area (Å²) in [7, 11) is 0. The fraction of sp³-hybridized carbons (Fsp3) is 0.333. The summed E-state index contributed by atoms with van der Waals surface area (Å²) < 4.78 is 15.7. The molecule has 0 bridgehead atoms. The number of ether oxygens (including phenoxy) is 3. The second-order valence-corrected chi connectivity index (χ2v) is 6.92. The lowest BCUT2D eigenvalue weighted by Gasteiger charge is -2.14. The standard InChI is InChI=1S/C18H18ClNO8S/c1-3-26-12-6-10(5-11(19)16(12)28-9-15(23)27-4-2)7-13-17(24)20(8-14(21)22)18(25)29-13/h5-7H,3-4,8-9H2,1-2H3,(H,21,22)/b13-7+. The van der Waals surface area contributed by atoms with E-state index in [9.17, 15) is 19.2 Å². The van der Waals surface area contributed by atoms with Crippen molar-refractivity contribution >= 4 is 52.5 Å². The molecule has 1 N–H and O–H groups in total. The van der Waals surface area contributed by atoms with Crippen LogP contribution in [0.2, 0.25) is 5.02 Å². The number of halogens is 1. The molecule has 0 saturated carbocycles. The molecule has 156 valence electrons. The molecule has 0 spiro atoms. The van der Waals surface area contributed by atoms with Gasteiger partial charge in [-0.05, 0) is 49.4 Å². The number of amides is 2. The first-order chi connectivity index (χ1) is 13.8. The van der Waals surface area contributed by atoms with Crippen LogP contribution in [0, 0.1) is 0 Å². The van der Waals surface area contributed by atoms with Gasteiger partial charge in [-0.25, -0.2) is 4.79 Å². The number of nitrogens with zero attached hydrogens (tertiary/aromatic N) is 1. The lowest BCUT2D eigenvalue weighted by Crippen LogP contribution is -2.33. The van der Waals surface area contributed by atoms with Crippen LogP contribution in [0.3, 0.4) is 0 Å². The Hall–Kier alpha value is -2.72. The van der Waals surface area contributed by atoms with Crippen molar-refractivity contribution < 1.29 is 38.5 Å². The fourth-order valence-electron chi connectivity index (χ4n) is 2.33. The molecule has 1 aromatic rings. The van der Waals surface area contributed by atoms with Crippen molar-refractivity contribution in [2.45, 2.75) is 13.8 Å². The van der Waals surface area contributed by atoms with Crippen molar-refractivity contribution in [3.8, 4) is 11.5 Å². The highest BCUT2D eigenvalue weighted by atomic mass is 35.5. The van der Waals surface area contributed by atoms with Crippen molar-refractivity contribution in [1.82, 2.24) is 4.90 Å². The predicted molar refractivity (Wildman–Crippen MR) is 105 cm³/mol. The topological polar surface area (TPSA) is 119 Å². The van der Waals surface area contributed by atoms with E-state index in [0.29, 0.717) is 22.2 Å². The lowest BCUT2D eigenvalue weighted by atomic mass is 10.1. The zero-order valence-electron chi connectivity index (χ0n) is 15.6. The molecule has 29 heavy (non-hydrogen) atoms. The van der Waals surface area contributed by atoms with Crippen molar-refractivity contribution in [2.24, 2.45) is 0 Å². The molecule has 1 saturated heterocycles. The van der Waals surface area contributed by atoms with Gasteiger partial charge in [0.1, 0.15) is 6.54 Å². The Morgan fingerprint density at radius 1 is 1.21 bits per heavy atom. The first kappa shape index (κ1) is 22.6. The van der Waals surface area contributed by atoms with E-state index in [2.05, 4.69) is 0 Å². The second-order valence-electron chi connectivity index (χ2n) is 5.52. The summed E-state index contributed by atoms with van der Waals surface area (Å²) in [5.74, 6) is -2.20. The molecule has 0 radical (unpaired) electrons. The van der Waals surface area contributed by atoms with Gasteiger partial charge in [0.25, 0.3) is 11.1 Å². The third kappa shape index (κ3) is 5.88. The third-order valence-electron chi connectivity index (χ3n) is 3.44. The summed E-state index contributed by atoms with van der Waals surface area (Å²) in [5, 5.41) is 8.26.